The lowest BCUT2D eigenvalue weighted by atomic mass is 10.0. The van der Waals surface area contributed by atoms with E-state index in [0.29, 0.717) is 6.04 Å². The molecule has 1 atom stereocenters. The highest BCUT2D eigenvalue weighted by Crippen LogP contribution is 2.36. The molecule has 1 unspecified atom stereocenters. The minimum absolute atomic E-state index is 0.286. The van der Waals surface area contributed by atoms with E-state index in [4.69, 9.17) is 0 Å². The van der Waals surface area contributed by atoms with Crippen LogP contribution in [0.15, 0.2) is 22.7 Å². The third-order valence-corrected chi connectivity index (χ3v) is 4.86. The van der Waals surface area contributed by atoms with Crippen molar-refractivity contribution in [1.29, 1.82) is 0 Å². The molecular formula is C16H25BrN2. The summed E-state index contributed by atoms with van der Waals surface area (Å²) in [5, 5.41) is 3.46. The number of hydrogen-bond acceptors (Lipinski definition) is 2. The zero-order chi connectivity index (χ0) is 14.0. The number of anilines is 1. The first-order valence-electron chi connectivity index (χ1n) is 7.26. The monoisotopic (exact) mass is 324 g/mol. The van der Waals surface area contributed by atoms with E-state index < -0.39 is 0 Å². The molecule has 0 aliphatic carbocycles. The number of rotatable bonds is 4. The molecule has 2 nitrogen and oxygen atoms in total. The first kappa shape index (κ1) is 14.9. The van der Waals surface area contributed by atoms with Gasteiger partial charge in [-0.3, -0.25) is 0 Å². The van der Waals surface area contributed by atoms with Crippen LogP contribution >= 0.6 is 15.9 Å². The Morgan fingerprint density at radius 2 is 2.16 bits per heavy atom. The van der Waals surface area contributed by atoms with Crippen molar-refractivity contribution in [2.45, 2.75) is 52.1 Å². The van der Waals surface area contributed by atoms with Gasteiger partial charge in [0, 0.05) is 28.3 Å². The van der Waals surface area contributed by atoms with Gasteiger partial charge in [-0.15, -0.1) is 0 Å². The van der Waals surface area contributed by atoms with E-state index in [1.165, 1.54) is 35.1 Å². The third kappa shape index (κ3) is 3.14. The van der Waals surface area contributed by atoms with Gasteiger partial charge in [-0.1, -0.05) is 28.9 Å². The lowest BCUT2D eigenvalue weighted by Crippen LogP contribution is -2.38. The van der Waals surface area contributed by atoms with Crippen molar-refractivity contribution in [2.24, 2.45) is 0 Å². The smallest absolute Gasteiger partial charge is 0.0382 e. The SMILES string of the molecule is CCNC(C)c1ccc(N2CCCC2(C)C)cc1Br. The van der Waals surface area contributed by atoms with Crippen LogP contribution in [0.1, 0.15) is 52.1 Å². The van der Waals surface area contributed by atoms with Crippen molar-refractivity contribution in [1.82, 2.24) is 5.32 Å². The molecule has 1 heterocycles. The van der Waals surface area contributed by atoms with Gasteiger partial charge < -0.3 is 10.2 Å². The standard InChI is InChI=1S/C16H25BrN2/c1-5-18-12(2)14-8-7-13(11-15(14)17)19-10-6-9-16(19,3)4/h7-8,11-12,18H,5-6,9-10H2,1-4H3. The Labute approximate surface area is 125 Å². The van der Waals surface area contributed by atoms with Crippen molar-refractivity contribution in [3.8, 4) is 0 Å². The third-order valence-electron chi connectivity index (χ3n) is 4.17. The Morgan fingerprint density at radius 3 is 2.68 bits per heavy atom. The van der Waals surface area contributed by atoms with Crippen LogP contribution in [0.2, 0.25) is 0 Å². The molecule has 1 aliphatic heterocycles. The van der Waals surface area contributed by atoms with Gasteiger partial charge in [0.15, 0.2) is 0 Å². The summed E-state index contributed by atoms with van der Waals surface area (Å²) in [6.07, 6.45) is 2.57. The van der Waals surface area contributed by atoms with E-state index in [-0.39, 0.29) is 5.54 Å². The molecule has 1 aromatic carbocycles. The number of nitrogens with zero attached hydrogens (tertiary/aromatic N) is 1. The van der Waals surface area contributed by atoms with Crippen LogP contribution in [0.5, 0.6) is 0 Å². The number of benzene rings is 1. The first-order valence-corrected chi connectivity index (χ1v) is 8.05. The fourth-order valence-corrected chi connectivity index (χ4v) is 3.75. The Bertz CT molecular complexity index is 442. The molecule has 1 aromatic rings. The zero-order valence-electron chi connectivity index (χ0n) is 12.5. The highest BCUT2D eigenvalue weighted by atomic mass is 79.9. The van der Waals surface area contributed by atoms with Crippen LogP contribution in [0.3, 0.4) is 0 Å². The molecule has 0 spiro atoms. The molecule has 19 heavy (non-hydrogen) atoms. The van der Waals surface area contributed by atoms with Gasteiger partial charge in [0.1, 0.15) is 0 Å². The predicted octanol–water partition coefficient (Wildman–Crippen LogP) is 4.50. The molecule has 2 rings (SSSR count). The van der Waals surface area contributed by atoms with Gasteiger partial charge in [0.2, 0.25) is 0 Å². The maximum atomic E-state index is 3.74. The average molecular weight is 325 g/mol. The van der Waals surface area contributed by atoms with E-state index in [2.05, 4.69) is 72.0 Å². The second kappa shape index (κ2) is 5.84. The largest absolute Gasteiger partial charge is 0.366 e. The molecule has 0 bridgehead atoms. The maximum Gasteiger partial charge on any atom is 0.0382 e. The number of nitrogens with one attached hydrogen (secondary N) is 1. The fourth-order valence-electron chi connectivity index (χ4n) is 3.04. The minimum atomic E-state index is 0.286. The van der Waals surface area contributed by atoms with Gasteiger partial charge in [-0.05, 0) is 57.9 Å². The zero-order valence-corrected chi connectivity index (χ0v) is 14.0. The van der Waals surface area contributed by atoms with Gasteiger partial charge in [0.25, 0.3) is 0 Å². The maximum absolute atomic E-state index is 3.74. The molecular weight excluding hydrogens is 300 g/mol. The topological polar surface area (TPSA) is 15.3 Å². The summed E-state index contributed by atoms with van der Waals surface area (Å²) in [5.74, 6) is 0. The Morgan fingerprint density at radius 1 is 1.42 bits per heavy atom. The van der Waals surface area contributed by atoms with Crippen molar-refractivity contribution in [2.75, 3.05) is 18.0 Å². The summed E-state index contributed by atoms with van der Waals surface area (Å²) in [5.41, 5.74) is 2.96. The fraction of sp³-hybridized carbons (Fsp3) is 0.625. The minimum Gasteiger partial charge on any atom is -0.366 e. The van der Waals surface area contributed by atoms with Gasteiger partial charge in [0.05, 0.1) is 0 Å². The summed E-state index contributed by atoms with van der Waals surface area (Å²) in [6.45, 7) is 11.2. The number of hydrogen-bond donors (Lipinski definition) is 1. The second-order valence-electron chi connectivity index (χ2n) is 6.05. The number of halogens is 1. The van der Waals surface area contributed by atoms with E-state index >= 15 is 0 Å². The van der Waals surface area contributed by atoms with Crippen molar-refractivity contribution < 1.29 is 0 Å². The molecule has 0 saturated carbocycles. The molecule has 0 amide bonds. The van der Waals surface area contributed by atoms with Crippen LogP contribution in [-0.2, 0) is 0 Å². The van der Waals surface area contributed by atoms with E-state index in [1.54, 1.807) is 0 Å². The molecule has 1 N–H and O–H groups in total. The molecule has 1 fully saturated rings. The summed E-state index contributed by atoms with van der Waals surface area (Å²) >= 11 is 3.74. The predicted molar refractivity (Wildman–Crippen MR) is 86.9 cm³/mol. The Kier molecular flexibility index (Phi) is 4.57. The Balaban J connectivity index is 2.24. The van der Waals surface area contributed by atoms with Crippen molar-refractivity contribution in [3.63, 3.8) is 0 Å². The molecule has 1 saturated heterocycles. The van der Waals surface area contributed by atoms with Crippen LogP contribution in [0, 0.1) is 0 Å². The normalized spacial score (nSPS) is 19.7. The first-order chi connectivity index (χ1) is 8.95. The van der Waals surface area contributed by atoms with E-state index in [1.807, 2.05) is 0 Å². The average Bonchev–Trinajstić information content (AvgIpc) is 2.69. The Hall–Kier alpha value is -0.540. The summed E-state index contributed by atoms with van der Waals surface area (Å²) in [7, 11) is 0. The molecule has 1 aliphatic rings. The van der Waals surface area contributed by atoms with Crippen molar-refractivity contribution >= 4 is 21.6 Å². The summed E-state index contributed by atoms with van der Waals surface area (Å²) < 4.78 is 1.21. The quantitative estimate of drug-likeness (QED) is 0.877. The summed E-state index contributed by atoms with van der Waals surface area (Å²) in [4.78, 5) is 2.53. The van der Waals surface area contributed by atoms with Gasteiger partial charge >= 0.3 is 0 Å². The van der Waals surface area contributed by atoms with Gasteiger partial charge in [-0.2, -0.15) is 0 Å². The lowest BCUT2D eigenvalue weighted by molar-refractivity contribution is 0.517. The highest BCUT2D eigenvalue weighted by Gasteiger charge is 2.32. The van der Waals surface area contributed by atoms with E-state index in [0.717, 1.165) is 6.54 Å². The van der Waals surface area contributed by atoms with Crippen LogP contribution in [0.4, 0.5) is 5.69 Å². The van der Waals surface area contributed by atoms with Gasteiger partial charge in [-0.25, -0.2) is 0 Å². The highest BCUT2D eigenvalue weighted by molar-refractivity contribution is 9.10. The summed E-state index contributed by atoms with van der Waals surface area (Å²) in [6, 6.07) is 7.18. The van der Waals surface area contributed by atoms with Crippen molar-refractivity contribution in [3.05, 3.63) is 28.2 Å². The van der Waals surface area contributed by atoms with Crippen LogP contribution < -0.4 is 10.2 Å². The van der Waals surface area contributed by atoms with E-state index in [9.17, 15) is 0 Å². The van der Waals surface area contributed by atoms with Crippen LogP contribution in [-0.4, -0.2) is 18.6 Å². The molecule has 0 radical (unpaired) electrons. The van der Waals surface area contributed by atoms with Crippen LogP contribution in [0.25, 0.3) is 0 Å². The molecule has 3 heteroatoms. The molecule has 106 valence electrons. The molecule has 0 aromatic heterocycles. The lowest BCUT2D eigenvalue weighted by Gasteiger charge is -2.34. The second-order valence-corrected chi connectivity index (χ2v) is 6.91.